The third kappa shape index (κ3) is 4.16. The van der Waals surface area contributed by atoms with E-state index in [9.17, 15) is 19.7 Å². The highest BCUT2D eigenvalue weighted by Gasteiger charge is 2.12. The third-order valence-electron chi connectivity index (χ3n) is 3.13. The summed E-state index contributed by atoms with van der Waals surface area (Å²) >= 11 is 0. The molecule has 1 amide bonds. The molecule has 0 fully saturated rings. The number of nitro benzene ring substituents is 1. The van der Waals surface area contributed by atoms with E-state index in [4.69, 9.17) is 0 Å². The van der Waals surface area contributed by atoms with Gasteiger partial charge in [-0.1, -0.05) is 12.1 Å². The van der Waals surface area contributed by atoms with Gasteiger partial charge in [0.15, 0.2) is 0 Å². The number of nitrogens with zero attached hydrogens (tertiary/aromatic N) is 1. The van der Waals surface area contributed by atoms with E-state index in [-0.39, 0.29) is 17.8 Å². The average molecular weight is 316 g/mol. The minimum atomic E-state index is -0.490. The number of rotatable bonds is 6. The van der Waals surface area contributed by atoms with E-state index in [0.29, 0.717) is 17.9 Å². The molecule has 8 heteroatoms. The van der Waals surface area contributed by atoms with E-state index in [1.54, 1.807) is 31.2 Å². The Balaban J connectivity index is 1.90. The molecule has 0 radical (unpaired) electrons. The molecule has 0 unspecified atom stereocenters. The number of H-pyrrole nitrogens is 1. The number of amides is 1. The number of nitro groups is 1. The maximum absolute atomic E-state index is 11.9. The van der Waals surface area contributed by atoms with Gasteiger partial charge in [0.25, 0.3) is 17.2 Å². The normalized spacial score (nSPS) is 10.1. The lowest BCUT2D eigenvalue weighted by atomic mass is 10.2. The molecule has 0 aliphatic carbocycles. The van der Waals surface area contributed by atoms with Crippen molar-refractivity contribution in [2.45, 2.75) is 6.92 Å². The van der Waals surface area contributed by atoms with Gasteiger partial charge in [-0.3, -0.25) is 19.7 Å². The third-order valence-corrected chi connectivity index (χ3v) is 3.13. The van der Waals surface area contributed by atoms with Crippen LogP contribution in [0.25, 0.3) is 0 Å². The molecular weight excluding hydrogens is 300 g/mol. The molecule has 2 rings (SSSR count). The number of aryl methyl sites for hydroxylation is 1. The van der Waals surface area contributed by atoms with Crippen LogP contribution in [-0.2, 0) is 0 Å². The van der Waals surface area contributed by atoms with E-state index >= 15 is 0 Å². The number of para-hydroxylation sites is 2. The van der Waals surface area contributed by atoms with Crippen molar-refractivity contribution in [3.8, 4) is 0 Å². The summed E-state index contributed by atoms with van der Waals surface area (Å²) in [5, 5.41) is 16.3. The molecule has 3 N–H and O–H groups in total. The predicted octanol–water partition coefficient (Wildman–Crippen LogP) is 1.43. The summed E-state index contributed by atoms with van der Waals surface area (Å²) in [7, 11) is 0. The highest BCUT2D eigenvalue weighted by molar-refractivity contribution is 5.93. The Labute approximate surface area is 131 Å². The summed E-state index contributed by atoms with van der Waals surface area (Å²) in [5.74, 6) is -0.490. The van der Waals surface area contributed by atoms with Crippen molar-refractivity contribution in [3.05, 3.63) is 68.1 Å². The van der Waals surface area contributed by atoms with Crippen molar-refractivity contribution in [1.29, 1.82) is 0 Å². The maximum Gasteiger partial charge on any atom is 0.292 e. The van der Waals surface area contributed by atoms with Crippen LogP contribution in [0.3, 0.4) is 0 Å². The van der Waals surface area contributed by atoms with Crippen LogP contribution in [0.2, 0.25) is 0 Å². The maximum atomic E-state index is 11.9. The topological polar surface area (TPSA) is 117 Å². The summed E-state index contributed by atoms with van der Waals surface area (Å²) in [4.78, 5) is 36.5. The van der Waals surface area contributed by atoms with Gasteiger partial charge in [0.1, 0.15) is 11.3 Å². The Morgan fingerprint density at radius 2 is 1.96 bits per heavy atom. The van der Waals surface area contributed by atoms with Gasteiger partial charge in [-0.2, -0.15) is 0 Å². The number of anilines is 1. The molecule has 23 heavy (non-hydrogen) atoms. The van der Waals surface area contributed by atoms with Gasteiger partial charge in [0.2, 0.25) is 0 Å². The van der Waals surface area contributed by atoms with Crippen molar-refractivity contribution < 1.29 is 9.72 Å². The number of carbonyl (C=O) groups is 1. The van der Waals surface area contributed by atoms with Crippen LogP contribution in [-0.4, -0.2) is 28.9 Å². The number of hydrogen-bond acceptors (Lipinski definition) is 5. The first kappa shape index (κ1) is 16.2. The summed E-state index contributed by atoms with van der Waals surface area (Å²) in [6.45, 7) is 2.23. The molecule has 0 saturated heterocycles. The number of nitrogens with one attached hydrogen (secondary N) is 3. The first-order valence-electron chi connectivity index (χ1n) is 6.94. The van der Waals surface area contributed by atoms with Gasteiger partial charge in [-0.25, -0.2) is 0 Å². The van der Waals surface area contributed by atoms with Crippen molar-refractivity contribution in [2.75, 3.05) is 18.4 Å². The molecule has 0 spiro atoms. The molecule has 1 aromatic heterocycles. The zero-order valence-electron chi connectivity index (χ0n) is 12.5. The first-order chi connectivity index (χ1) is 11.0. The first-order valence-corrected chi connectivity index (χ1v) is 6.94. The standard InChI is InChI=1S/C15H16N4O4/c1-10-6-7-11(15(21)18-10)14(20)17-9-8-16-12-4-2-3-5-13(12)19(22)23/h2-7,16H,8-9H2,1H3,(H,17,20)(H,18,21). The SMILES string of the molecule is Cc1ccc(C(=O)NCCNc2ccccc2[N+](=O)[O-])c(=O)[nH]1. The molecule has 0 aliphatic rings. The minimum absolute atomic E-state index is 0.0290. The van der Waals surface area contributed by atoms with Crippen LogP contribution in [0.1, 0.15) is 16.1 Å². The second-order valence-electron chi connectivity index (χ2n) is 4.84. The van der Waals surface area contributed by atoms with Crippen LogP contribution < -0.4 is 16.2 Å². The van der Waals surface area contributed by atoms with E-state index in [1.807, 2.05) is 0 Å². The van der Waals surface area contributed by atoms with E-state index in [2.05, 4.69) is 15.6 Å². The van der Waals surface area contributed by atoms with Crippen LogP contribution in [0.4, 0.5) is 11.4 Å². The number of benzene rings is 1. The number of aromatic nitrogens is 1. The van der Waals surface area contributed by atoms with E-state index < -0.39 is 16.4 Å². The lowest BCUT2D eigenvalue weighted by Crippen LogP contribution is -2.33. The lowest BCUT2D eigenvalue weighted by Gasteiger charge is -2.08. The lowest BCUT2D eigenvalue weighted by molar-refractivity contribution is -0.384. The molecule has 0 atom stereocenters. The van der Waals surface area contributed by atoms with Gasteiger partial charge in [-0.05, 0) is 25.1 Å². The molecule has 8 nitrogen and oxygen atoms in total. The van der Waals surface area contributed by atoms with E-state index in [1.165, 1.54) is 12.1 Å². The average Bonchev–Trinajstić information content (AvgIpc) is 2.51. The van der Waals surface area contributed by atoms with Crippen molar-refractivity contribution in [1.82, 2.24) is 10.3 Å². The number of aromatic amines is 1. The Morgan fingerprint density at radius 3 is 2.65 bits per heavy atom. The quantitative estimate of drug-likeness (QED) is 0.423. The highest BCUT2D eigenvalue weighted by Crippen LogP contribution is 2.22. The second-order valence-corrected chi connectivity index (χ2v) is 4.84. The molecule has 1 aromatic carbocycles. The van der Waals surface area contributed by atoms with Crippen LogP contribution >= 0.6 is 0 Å². The number of carbonyl (C=O) groups excluding carboxylic acids is 1. The van der Waals surface area contributed by atoms with Crippen molar-refractivity contribution in [2.24, 2.45) is 0 Å². The summed E-state index contributed by atoms with van der Waals surface area (Å²) in [6, 6.07) is 9.34. The van der Waals surface area contributed by atoms with Gasteiger partial charge in [0, 0.05) is 24.8 Å². The van der Waals surface area contributed by atoms with Gasteiger partial charge >= 0.3 is 0 Å². The van der Waals surface area contributed by atoms with Gasteiger partial charge in [0.05, 0.1) is 4.92 Å². The van der Waals surface area contributed by atoms with Crippen LogP contribution in [0, 0.1) is 17.0 Å². The summed E-state index contributed by atoms with van der Waals surface area (Å²) in [5.41, 5.74) is 0.591. The Morgan fingerprint density at radius 1 is 1.22 bits per heavy atom. The smallest absolute Gasteiger partial charge is 0.292 e. The predicted molar refractivity (Wildman–Crippen MR) is 85.7 cm³/mol. The second kappa shape index (κ2) is 7.21. The van der Waals surface area contributed by atoms with E-state index in [0.717, 1.165) is 0 Å². The van der Waals surface area contributed by atoms with Crippen LogP contribution in [0.15, 0.2) is 41.2 Å². The van der Waals surface area contributed by atoms with Gasteiger partial charge in [-0.15, -0.1) is 0 Å². The van der Waals surface area contributed by atoms with Crippen molar-refractivity contribution in [3.63, 3.8) is 0 Å². The molecular formula is C15H16N4O4. The molecule has 0 aliphatic heterocycles. The Kier molecular flexibility index (Phi) is 5.08. The molecule has 1 heterocycles. The fourth-order valence-corrected chi connectivity index (χ4v) is 2.00. The highest BCUT2D eigenvalue weighted by atomic mass is 16.6. The Bertz CT molecular complexity index is 785. The summed E-state index contributed by atoms with van der Waals surface area (Å²) in [6.07, 6.45) is 0. The number of pyridine rings is 1. The monoisotopic (exact) mass is 316 g/mol. The molecule has 120 valence electrons. The molecule has 0 saturated carbocycles. The minimum Gasteiger partial charge on any atom is -0.378 e. The number of hydrogen-bond donors (Lipinski definition) is 3. The Hall–Kier alpha value is -3.16. The zero-order chi connectivity index (χ0) is 16.8. The molecule has 0 bridgehead atoms. The zero-order valence-corrected chi connectivity index (χ0v) is 12.5. The van der Waals surface area contributed by atoms with Gasteiger partial charge < -0.3 is 15.6 Å². The van der Waals surface area contributed by atoms with Crippen LogP contribution in [0.5, 0.6) is 0 Å². The molecule has 2 aromatic rings. The largest absolute Gasteiger partial charge is 0.378 e. The fraction of sp³-hybridized carbons (Fsp3) is 0.200. The summed E-state index contributed by atoms with van der Waals surface area (Å²) < 4.78 is 0. The fourth-order valence-electron chi connectivity index (χ4n) is 2.00. The van der Waals surface area contributed by atoms with Crippen molar-refractivity contribution >= 4 is 17.3 Å².